The Kier molecular flexibility index (Phi) is 6.28. The summed E-state index contributed by atoms with van der Waals surface area (Å²) in [4.78, 5) is 23.8. The van der Waals surface area contributed by atoms with E-state index in [1.54, 1.807) is 0 Å². The highest BCUT2D eigenvalue weighted by molar-refractivity contribution is 7.89. The highest BCUT2D eigenvalue weighted by Gasteiger charge is 2.35. The van der Waals surface area contributed by atoms with Crippen molar-refractivity contribution in [2.45, 2.75) is 24.0 Å². The largest absolute Gasteiger partial charge is 0.431 e. The molecule has 1 unspecified atom stereocenters. The van der Waals surface area contributed by atoms with E-state index in [0.29, 0.717) is 12.1 Å². The fraction of sp³-hybridized carbons (Fsp3) is 0.333. The maximum absolute atomic E-state index is 14.4. The van der Waals surface area contributed by atoms with Crippen LogP contribution in [-0.4, -0.2) is 30.1 Å². The van der Waals surface area contributed by atoms with Crippen molar-refractivity contribution in [2.24, 2.45) is 12.8 Å². The lowest BCUT2D eigenvalue weighted by Gasteiger charge is -2.16. The summed E-state index contributed by atoms with van der Waals surface area (Å²) < 4.78 is 80.3. The van der Waals surface area contributed by atoms with Gasteiger partial charge < -0.3 is 5.73 Å². The third-order valence-electron chi connectivity index (χ3n) is 3.74. The van der Waals surface area contributed by atoms with Gasteiger partial charge in [0.2, 0.25) is 10.0 Å². The Bertz CT molecular complexity index is 1170. The lowest BCUT2D eigenvalue weighted by molar-refractivity contribution is -0.144. The molecule has 14 heteroatoms. The number of nitrogens with zero attached hydrogens (tertiary/aromatic N) is 2. The van der Waals surface area contributed by atoms with Crippen LogP contribution in [0.25, 0.3) is 5.69 Å². The number of rotatable bonds is 5. The van der Waals surface area contributed by atoms with E-state index in [1.807, 2.05) is 0 Å². The van der Waals surface area contributed by atoms with Crippen LogP contribution < -0.4 is 21.7 Å². The van der Waals surface area contributed by atoms with E-state index in [9.17, 15) is 35.6 Å². The van der Waals surface area contributed by atoms with Gasteiger partial charge in [0.05, 0.1) is 10.7 Å². The van der Waals surface area contributed by atoms with Crippen molar-refractivity contribution in [1.29, 1.82) is 0 Å². The lowest BCUT2D eigenvalue weighted by Crippen LogP contribution is -2.41. The van der Waals surface area contributed by atoms with E-state index in [0.717, 1.165) is 7.05 Å². The highest BCUT2D eigenvalue weighted by atomic mass is 35.5. The van der Waals surface area contributed by atoms with Crippen LogP contribution in [0.5, 0.6) is 0 Å². The number of halogens is 5. The molecule has 0 radical (unpaired) electrons. The number of hydrogen-bond acceptors (Lipinski definition) is 5. The Hall–Kier alpha value is -2.22. The van der Waals surface area contributed by atoms with Gasteiger partial charge in [-0.2, -0.15) is 13.2 Å². The molecule has 0 saturated heterocycles. The summed E-state index contributed by atoms with van der Waals surface area (Å²) in [5, 5.41) is -0.569. The highest BCUT2D eigenvalue weighted by Crippen LogP contribution is 2.28. The molecule has 0 bridgehead atoms. The molecule has 2 aromatic rings. The first-order chi connectivity index (χ1) is 13.2. The lowest BCUT2D eigenvalue weighted by atomic mass is 10.3. The summed E-state index contributed by atoms with van der Waals surface area (Å²) in [6.45, 7) is 1.30. The van der Waals surface area contributed by atoms with Gasteiger partial charge in [-0.1, -0.05) is 11.6 Å². The molecule has 8 nitrogen and oxygen atoms in total. The van der Waals surface area contributed by atoms with Gasteiger partial charge in [-0.05, 0) is 19.1 Å². The van der Waals surface area contributed by atoms with Crippen LogP contribution in [0.3, 0.4) is 0 Å². The topological polar surface area (TPSA) is 116 Å². The minimum absolute atomic E-state index is 0.0749. The zero-order valence-electron chi connectivity index (χ0n) is 14.9. The van der Waals surface area contributed by atoms with Gasteiger partial charge in [0.25, 0.3) is 5.56 Å². The molecule has 1 atom stereocenters. The molecule has 0 aliphatic rings. The molecule has 1 heterocycles. The van der Waals surface area contributed by atoms with Gasteiger partial charge in [0, 0.05) is 25.7 Å². The maximum Gasteiger partial charge on any atom is 0.431 e. The summed E-state index contributed by atoms with van der Waals surface area (Å²) in [5.41, 5.74) is -0.00165. The molecule has 160 valence electrons. The predicted octanol–water partition coefficient (Wildman–Crippen LogP) is 0.973. The van der Waals surface area contributed by atoms with E-state index < -0.39 is 60.6 Å². The summed E-state index contributed by atoms with van der Waals surface area (Å²) in [5.74, 6) is -1.29. The van der Waals surface area contributed by atoms with E-state index in [2.05, 4.69) is 4.72 Å². The molecule has 29 heavy (non-hydrogen) atoms. The molecule has 0 spiro atoms. The molecular weight excluding hydrogens is 444 g/mol. The average molecular weight is 459 g/mol. The summed E-state index contributed by atoms with van der Waals surface area (Å²) in [7, 11) is -3.60. The van der Waals surface area contributed by atoms with E-state index in [4.69, 9.17) is 17.3 Å². The van der Waals surface area contributed by atoms with Crippen LogP contribution in [0.4, 0.5) is 17.6 Å². The first kappa shape index (κ1) is 23.1. The van der Waals surface area contributed by atoms with Crippen molar-refractivity contribution >= 4 is 21.6 Å². The quantitative estimate of drug-likeness (QED) is 0.648. The van der Waals surface area contributed by atoms with Crippen molar-refractivity contribution < 1.29 is 26.0 Å². The van der Waals surface area contributed by atoms with Gasteiger partial charge >= 0.3 is 11.9 Å². The second-order valence-electron chi connectivity index (χ2n) is 6.11. The molecular formula is C15H15ClF4N4O4S. The van der Waals surface area contributed by atoms with Crippen molar-refractivity contribution in [3.63, 3.8) is 0 Å². The number of nitrogens with two attached hydrogens (primary N) is 1. The first-order valence-electron chi connectivity index (χ1n) is 7.81. The molecule has 3 N–H and O–H groups in total. The van der Waals surface area contributed by atoms with E-state index in [-0.39, 0.29) is 21.7 Å². The Morgan fingerprint density at radius 2 is 1.83 bits per heavy atom. The second kappa shape index (κ2) is 7.89. The molecule has 0 saturated carbocycles. The number of benzene rings is 1. The SMILES string of the molecule is CC(N)CNS(=O)(=O)c1cc(-n2c(=O)cc(C(F)(F)F)n(C)c2=O)c(F)cc1Cl. The third kappa shape index (κ3) is 4.69. The zero-order valence-corrected chi connectivity index (χ0v) is 16.5. The molecule has 0 aliphatic carbocycles. The standard InChI is InChI=1S/C15H15ClF4N4O4S/c1-7(21)6-22-29(27,28)11-4-10(9(17)3-8(11)16)24-13(25)5-12(15(18,19)20)23(2)14(24)26/h3-5,7,22H,6,21H2,1-2H3. The molecule has 2 rings (SSSR count). The predicted molar refractivity (Wildman–Crippen MR) is 96.1 cm³/mol. The normalized spacial score (nSPS) is 13.5. The summed E-state index contributed by atoms with van der Waals surface area (Å²) in [6.07, 6.45) is -5.01. The Balaban J connectivity index is 2.77. The number of nitrogens with one attached hydrogen (secondary N) is 1. The van der Waals surface area contributed by atoms with Crippen LogP contribution in [-0.2, 0) is 23.2 Å². The summed E-state index contributed by atoms with van der Waals surface area (Å²) in [6, 6.07) is 0.629. The van der Waals surface area contributed by atoms with Gasteiger partial charge in [-0.15, -0.1) is 0 Å². The molecule has 0 fully saturated rings. The zero-order chi connectivity index (χ0) is 22.3. The Morgan fingerprint density at radius 1 is 1.24 bits per heavy atom. The maximum atomic E-state index is 14.4. The smallest absolute Gasteiger partial charge is 0.327 e. The molecule has 1 aromatic heterocycles. The van der Waals surface area contributed by atoms with Crippen LogP contribution in [0.2, 0.25) is 5.02 Å². The minimum atomic E-state index is -5.01. The van der Waals surface area contributed by atoms with Crippen LogP contribution in [0, 0.1) is 5.82 Å². The average Bonchev–Trinajstić information content (AvgIpc) is 2.57. The van der Waals surface area contributed by atoms with Gasteiger partial charge in [0.15, 0.2) is 0 Å². The monoisotopic (exact) mass is 458 g/mol. The number of sulfonamides is 1. The number of alkyl halides is 3. The Morgan fingerprint density at radius 3 is 2.34 bits per heavy atom. The fourth-order valence-corrected chi connectivity index (χ4v) is 4.01. The van der Waals surface area contributed by atoms with Crippen molar-refractivity contribution in [3.8, 4) is 5.69 Å². The first-order valence-corrected chi connectivity index (χ1v) is 9.68. The van der Waals surface area contributed by atoms with E-state index >= 15 is 0 Å². The number of hydrogen-bond donors (Lipinski definition) is 2. The summed E-state index contributed by atoms with van der Waals surface area (Å²) >= 11 is 5.77. The van der Waals surface area contributed by atoms with Gasteiger partial charge in [-0.3, -0.25) is 9.36 Å². The molecule has 0 amide bonds. The van der Waals surface area contributed by atoms with Crippen molar-refractivity contribution in [2.75, 3.05) is 6.54 Å². The van der Waals surface area contributed by atoms with Crippen molar-refractivity contribution in [3.05, 3.63) is 55.6 Å². The van der Waals surface area contributed by atoms with Crippen molar-refractivity contribution in [1.82, 2.24) is 13.9 Å². The van der Waals surface area contributed by atoms with Crippen LogP contribution in [0.15, 0.2) is 32.7 Å². The fourth-order valence-electron chi connectivity index (χ4n) is 2.33. The number of aromatic nitrogens is 2. The third-order valence-corrected chi connectivity index (χ3v) is 5.63. The van der Waals surface area contributed by atoms with E-state index in [1.165, 1.54) is 6.92 Å². The molecule has 0 aliphatic heterocycles. The molecule has 1 aromatic carbocycles. The van der Waals surface area contributed by atoms with Crippen LogP contribution >= 0.6 is 11.6 Å². The van der Waals surface area contributed by atoms with Crippen LogP contribution in [0.1, 0.15) is 12.6 Å². The van der Waals surface area contributed by atoms with Gasteiger partial charge in [-0.25, -0.2) is 26.9 Å². The minimum Gasteiger partial charge on any atom is -0.327 e. The Labute approximate surface area is 166 Å². The second-order valence-corrected chi connectivity index (χ2v) is 8.25. The van der Waals surface area contributed by atoms with Gasteiger partial charge in [0.1, 0.15) is 16.4 Å².